The van der Waals surface area contributed by atoms with Crippen molar-refractivity contribution in [3.8, 4) is 17.4 Å². The Morgan fingerprint density at radius 3 is 2.48 bits per heavy atom. The highest BCUT2D eigenvalue weighted by molar-refractivity contribution is 6.28. The van der Waals surface area contributed by atoms with Gasteiger partial charge < -0.3 is 4.74 Å². The van der Waals surface area contributed by atoms with E-state index >= 15 is 0 Å². The van der Waals surface area contributed by atoms with Crippen molar-refractivity contribution in [1.29, 1.82) is 0 Å². The molecule has 0 aliphatic heterocycles. The first kappa shape index (κ1) is 15.5. The zero-order chi connectivity index (χ0) is 15.6. The normalized spacial score (nSPS) is 11.8. The average molecular weight is 318 g/mol. The van der Waals surface area contributed by atoms with Crippen molar-refractivity contribution in [2.75, 3.05) is 0 Å². The van der Waals surface area contributed by atoms with Crippen molar-refractivity contribution in [2.45, 2.75) is 26.1 Å². The summed E-state index contributed by atoms with van der Waals surface area (Å²) in [6.45, 7) is 3.53. The number of hydrogen-bond acceptors (Lipinski definition) is 4. The first-order valence-electron chi connectivity index (χ1n) is 6.01. The van der Waals surface area contributed by atoms with Crippen molar-refractivity contribution in [3.05, 3.63) is 35.1 Å². The summed E-state index contributed by atoms with van der Waals surface area (Å²) in [6, 6.07) is 4.62. The second kappa shape index (κ2) is 5.85. The van der Waals surface area contributed by atoms with Crippen molar-refractivity contribution >= 4 is 11.6 Å². The lowest BCUT2D eigenvalue weighted by Gasteiger charge is -2.10. The summed E-state index contributed by atoms with van der Waals surface area (Å²) in [5.41, 5.74) is -0.606. The van der Waals surface area contributed by atoms with Gasteiger partial charge in [0.2, 0.25) is 5.28 Å². The van der Waals surface area contributed by atoms with E-state index in [1.807, 2.05) is 0 Å². The molecule has 0 fully saturated rings. The Labute approximate surface area is 124 Å². The molecule has 0 N–H and O–H groups in total. The zero-order valence-corrected chi connectivity index (χ0v) is 11.9. The van der Waals surface area contributed by atoms with Gasteiger partial charge in [0.1, 0.15) is 0 Å². The summed E-state index contributed by atoms with van der Waals surface area (Å²) >= 11 is 5.75. The van der Waals surface area contributed by atoms with Crippen LogP contribution in [-0.4, -0.2) is 21.1 Å². The first-order valence-corrected chi connectivity index (χ1v) is 6.39. The summed E-state index contributed by atoms with van der Waals surface area (Å²) in [5.74, 6) is 0.0248. The van der Waals surface area contributed by atoms with Crippen LogP contribution >= 0.6 is 11.6 Å². The van der Waals surface area contributed by atoms with Gasteiger partial charge in [-0.2, -0.15) is 28.1 Å². The van der Waals surface area contributed by atoms with E-state index in [2.05, 4.69) is 15.0 Å². The number of hydrogen-bond donors (Lipinski definition) is 0. The maximum Gasteiger partial charge on any atom is 0.416 e. The summed E-state index contributed by atoms with van der Waals surface area (Å²) in [6.07, 6.45) is -4.64. The van der Waals surface area contributed by atoms with E-state index in [1.165, 1.54) is 12.1 Å². The van der Waals surface area contributed by atoms with E-state index in [0.29, 0.717) is 0 Å². The smallest absolute Gasteiger partial charge is 0.416 e. The molecule has 1 aromatic heterocycles. The minimum Gasteiger partial charge on any atom is -0.461 e. The van der Waals surface area contributed by atoms with Crippen molar-refractivity contribution in [1.82, 2.24) is 15.0 Å². The lowest BCUT2D eigenvalue weighted by molar-refractivity contribution is -0.137. The van der Waals surface area contributed by atoms with Crippen molar-refractivity contribution in [2.24, 2.45) is 0 Å². The number of ether oxygens (including phenoxy) is 1. The fourth-order valence-corrected chi connectivity index (χ4v) is 1.71. The molecule has 0 saturated heterocycles. The molecule has 1 heterocycles. The Hall–Kier alpha value is -1.89. The van der Waals surface area contributed by atoms with Crippen LogP contribution in [0.25, 0.3) is 11.4 Å². The van der Waals surface area contributed by atoms with Gasteiger partial charge in [0, 0.05) is 5.56 Å². The molecule has 0 aliphatic carbocycles. The minimum atomic E-state index is -4.44. The van der Waals surface area contributed by atoms with E-state index in [-0.39, 0.29) is 28.8 Å². The maximum absolute atomic E-state index is 12.7. The Morgan fingerprint density at radius 2 is 1.86 bits per heavy atom. The van der Waals surface area contributed by atoms with E-state index < -0.39 is 11.7 Å². The Morgan fingerprint density at radius 1 is 1.14 bits per heavy atom. The van der Waals surface area contributed by atoms with Gasteiger partial charge in [-0.1, -0.05) is 12.1 Å². The molecule has 8 heteroatoms. The summed E-state index contributed by atoms with van der Waals surface area (Å²) in [7, 11) is 0. The zero-order valence-electron chi connectivity index (χ0n) is 11.1. The molecule has 1 aromatic carbocycles. The van der Waals surface area contributed by atoms with Crippen LogP contribution in [0.15, 0.2) is 24.3 Å². The highest BCUT2D eigenvalue weighted by Crippen LogP contribution is 2.31. The number of nitrogens with zero attached hydrogens (tertiary/aromatic N) is 3. The summed E-state index contributed by atoms with van der Waals surface area (Å²) < 4.78 is 43.4. The van der Waals surface area contributed by atoms with Gasteiger partial charge in [0.15, 0.2) is 5.82 Å². The third-order valence-corrected chi connectivity index (χ3v) is 2.55. The van der Waals surface area contributed by atoms with E-state index in [1.54, 1.807) is 13.8 Å². The first-order chi connectivity index (χ1) is 9.75. The predicted molar refractivity (Wildman–Crippen MR) is 71.0 cm³/mol. The highest BCUT2D eigenvalue weighted by Gasteiger charge is 2.30. The number of benzene rings is 1. The molecule has 0 atom stereocenters. The Bertz CT molecular complexity index is 647. The molecular weight excluding hydrogens is 307 g/mol. The van der Waals surface area contributed by atoms with Crippen LogP contribution in [0.5, 0.6) is 6.01 Å². The molecule has 21 heavy (non-hydrogen) atoms. The largest absolute Gasteiger partial charge is 0.461 e. The topological polar surface area (TPSA) is 47.9 Å². The van der Waals surface area contributed by atoms with Crippen LogP contribution in [0.2, 0.25) is 5.28 Å². The van der Waals surface area contributed by atoms with Crippen molar-refractivity contribution in [3.63, 3.8) is 0 Å². The van der Waals surface area contributed by atoms with Crippen LogP contribution in [-0.2, 0) is 6.18 Å². The van der Waals surface area contributed by atoms with E-state index in [4.69, 9.17) is 16.3 Å². The van der Waals surface area contributed by atoms with Crippen LogP contribution in [0.4, 0.5) is 13.2 Å². The third-order valence-electron chi connectivity index (χ3n) is 2.38. The average Bonchev–Trinajstić information content (AvgIpc) is 2.36. The Kier molecular flexibility index (Phi) is 4.32. The molecule has 0 bridgehead atoms. The molecule has 112 valence electrons. The van der Waals surface area contributed by atoms with E-state index in [9.17, 15) is 13.2 Å². The standard InChI is InChI=1S/C13H11ClF3N3O/c1-7(2)21-12-19-10(18-11(14)20-12)8-4-3-5-9(6-8)13(15,16)17/h3-7H,1-2H3. The SMILES string of the molecule is CC(C)Oc1nc(Cl)nc(-c2cccc(C(F)(F)F)c2)n1. The molecule has 0 saturated carbocycles. The molecule has 0 aliphatic rings. The van der Waals surface area contributed by atoms with Gasteiger partial charge >= 0.3 is 12.2 Å². The van der Waals surface area contributed by atoms with Crippen molar-refractivity contribution < 1.29 is 17.9 Å². The summed E-state index contributed by atoms with van der Waals surface area (Å²) in [4.78, 5) is 11.6. The fourth-order valence-electron chi connectivity index (χ4n) is 1.56. The van der Waals surface area contributed by atoms with Gasteiger partial charge in [-0.3, -0.25) is 0 Å². The number of halogens is 4. The molecule has 0 amide bonds. The molecule has 4 nitrogen and oxygen atoms in total. The third kappa shape index (κ3) is 4.04. The highest BCUT2D eigenvalue weighted by atomic mass is 35.5. The van der Waals surface area contributed by atoms with Gasteiger partial charge in [0.25, 0.3) is 0 Å². The number of rotatable bonds is 3. The summed E-state index contributed by atoms with van der Waals surface area (Å²) in [5, 5.41) is -0.145. The van der Waals surface area contributed by atoms with Gasteiger partial charge in [-0.15, -0.1) is 0 Å². The number of aromatic nitrogens is 3. The van der Waals surface area contributed by atoms with Crippen LogP contribution in [0, 0.1) is 0 Å². The van der Waals surface area contributed by atoms with Crippen LogP contribution in [0.1, 0.15) is 19.4 Å². The molecular formula is C13H11ClF3N3O. The molecule has 0 spiro atoms. The fraction of sp³-hybridized carbons (Fsp3) is 0.308. The minimum absolute atomic E-state index is 0.0248. The lowest BCUT2D eigenvalue weighted by Crippen LogP contribution is -2.10. The molecule has 2 aromatic rings. The van der Waals surface area contributed by atoms with Crippen LogP contribution < -0.4 is 4.74 Å². The monoisotopic (exact) mass is 317 g/mol. The van der Waals surface area contributed by atoms with Gasteiger partial charge in [0.05, 0.1) is 11.7 Å². The predicted octanol–water partition coefficient (Wildman–Crippen LogP) is 4.00. The number of alkyl halides is 3. The lowest BCUT2D eigenvalue weighted by atomic mass is 10.1. The second-order valence-corrected chi connectivity index (χ2v) is 4.79. The van der Waals surface area contributed by atoms with E-state index in [0.717, 1.165) is 12.1 Å². The quantitative estimate of drug-likeness (QED) is 0.858. The maximum atomic E-state index is 12.7. The molecule has 2 rings (SSSR count). The molecule has 0 radical (unpaired) electrons. The van der Waals surface area contributed by atoms with Gasteiger partial charge in [-0.25, -0.2) is 0 Å². The van der Waals surface area contributed by atoms with Gasteiger partial charge in [-0.05, 0) is 37.6 Å². The Balaban J connectivity index is 2.44. The second-order valence-electron chi connectivity index (χ2n) is 4.46. The van der Waals surface area contributed by atoms with Crippen LogP contribution in [0.3, 0.4) is 0 Å². The molecule has 0 unspecified atom stereocenters.